The van der Waals surface area contributed by atoms with Crippen LogP contribution in [-0.4, -0.2) is 25.3 Å². The topological polar surface area (TPSA) is 41.6 Å². The van der Waals surface area contributed by atoms with E-state index >= 15 is 0 Å². The predicted molar refractivity (Wildman–Crippen MR) is 63.3 cm³/mol. The summed E-state index contributed by atoms with van der Waals surface area (Å²) in [6.07, 6.45) is 3.28. The molecule has 5 heteroatoms. The summed E-state index contributed by atoms with van der Waals surface area (Å²) in [6.45, 7) is 0. The lowest BCUT2D eigenvalue weighted by atomic mass is 9.94. The van der Waals surface area contributed by atoms with Crippen molar-refractivity contribution in [2.24, 2.45) is 0 Å². The van der Waals surface area contributed by atoms with Crippen LogP contribution < -0.4 is 5.32 Å². The number of carbonyl (C=O) groups excluding carboxylic acids is 1. The Bertz CT molecular complexity index is 378. The Morgan fingerprint density at radius 1 is 1.69 bits per heavy atom. The second-order valence-corrected chi connectivity index (χ2v) is 4.87. The second kappa shape index (κ2) is 4.84. The molecule has 1 N–H and O–H groups in total. The van der Waals surface area contributed by atoms with Crippen molar-refractivity contribution in [3.8, 4) is 0 Å². The number of fused-ring (bicyclic) bond motifs is 1. The van der Waals surface area contributed by atoms with Gasteiger partial charge in [-0.25, -0.2) is 9.86 Å². The Balaban J connectivity index is 2.05. The van der Waals surface area contributed by atoms with Crippen LogP contribution in [0.25, 0.3) is 0 Å². The number of aryl methyl sites for hydroxylation is 1. The number of thiophene rings is 1. The van der Waals surface area contributed by atoms with E-state index in [0.717, 1.165) is 19.3 Å². The van der Waals surface area contributed by atoms with Gasteiger partial charge in [0.2, 0.25) is 0 Å². The first-order valence-corrected chi connectivity index (χ1v) is 6.25. The molecule has 1 unspecified atom stereocenters. The van der Waals surface area contributed by atoms with Crippen LogP contribution in [0.3, 0.4) is 0 Å². The van der Waals surface area contributed by atoms with Crippen LogP contribution >= 0.6 is 11.3 Å². The summed E-state index contributed by atoms with van der Waals surface area (Å²) in [5.74, 6) is 0. The molecule has 2 amide bonds. The van der Waals surface area contributed by atoms with Crippen LogP contribution in [0.5, 0.6) is 0 Å². The standard InChI is InChI=1S/C11H16N2O2S/c1-13(15-2)11(14)12-9-4-3-5-10-8(9)6-7-16-10/h6-7,9H,3-5H2,1-2H3,(H,12,14). The maximum absolute atomic E-state index is 11.7. The number of hydrogen-bond acceptors (Lipinski definition) is 3. The summed E-state index contributed by atoms with van der Waals surface area (Å²) < 4.78 is 0. The quantitative estimate of drug-likeness (QED) is 0.806. The van der Waals surface area contributed by atoms with Gasteiger partial charge in [0.1, 0.15) is 0 Å². The Morgan fingerprint density at radius 2 is 2.50 bits per heavy atom. The maximum Gasteiger partial charge on any atom is 0.341 e. The molecule has 0 bridgehead atoms. The van der Waals surface area contributed by atoms with Gasteiger partial charge in [0, 0.05) is 11.9 Å². The number of rotatable bonds is 2. The molecule has 0 saturated heterocycles. The van der Waals surface area contributed by atoms with Crippen LogP contribution in [0.4, 0.5) is 4.79 Å². The number of amides is 2. The smallest absolute Gasteiger partial charge is 0.329 e. The van der Waals surface area contributed by atoms with Gasteiger partial charge >= 0.3 is 6.03 Å². The molecule has 1 atom stereocenters. The number of hydroxylamine groups is 2. The minimum atomic E-state index is -0.188. The number of nitrogens with one attached hydrogen (secondary N) is 1. The van der Waals surface area contributed by atoms with E-state index in [2.05, 4.69) is 16.8 Å². The normalized spacial score (nSPS) is 19.0. The van der Waals surface area contributed by atoms with Crippen LogP contribution in [0.2, 0.25) is 0 Å². The first-order valence-electron chi connectivity index (χ1n) is 5.37. The molecule has 1 aliphatic carbocycles. The Hall–Kier alpha value is -1.07. The van der Waals surface area contributed by atoms with Gasteiger partial charge in [-0.3, -0.25) is 4.84 Å². The Kier molecular flexibility index (Phi) is 3.46. The van der Waals surface area contributed by atoms with E-state index in [1.54, 1.807) is 18.4 Å². The van der Waals surface area contributed by atoms with Crippen molar-refractivity contribution in [1.82, 2.24) is 10.4 Å². The Labute approximate surface area is 99.2 Å². The van der Waals surface area contributed by atoms with Crippen LogP contribution in [0.1, 0.15) is 29.3 Å². The lowest BCUT2D eigenvalue weighted by Crippen LogP contribution is -2.39. The van der Waals surface area contributed by atoms with Gasteiger partial charge in [0.15, 0.2) is 0 Å². The average molecular weight is 240 g/mol. The molecule has 1 heterocycles. The third-order valence-corrected chi connectivity index (χ3v) is 3.91. The van der Waals surface area contributed by atoms with E-state index in [1.165, 1.54) is 22.6 Å². The monoisotopic (exact) mass is 240 g/mol. The summed E-state index contributed by atoms with van der Waals surface area (Å²) in [5, 5.41) is 6.28. The van der Waals surface area contributed by atoms with Crippen molar-refractivity contribution in [2.75, 3.05) is 14.2 Å². The van der Waals surface area contributed by atoms with Crippen LogP contribution in [-0.2, 0) is 11.3 Å². The third-order valence-electron chi connectivity index (χ3n) is 2.91. The molecular formula is C11H16N2O2S. The van der Waals surface area contributed by atoms with E-state index in [9.17, 15) is 4.79 Å². The zero-order valence-corrected chi connectivity index (χ0v) is 10.3. The largest absolute Gasteiger partial charge is 0.341 e. The predicted octanol–water partition coefficient (Wildman–Crippen LogP) is 2.33. The van der Waals surface area contributed by atoms with Gasteiger partial charge in [-0.05, 0) is 36.3 Å². The van der Waals surface area contributed by atoms with Crippen LogP contribution in [0, 0.1) is 0 Å². The molecule has 0 saturated carbocycles. The van der Waals surface area contributed by atoms with E-state index in [1.807, 2.05) is 0 Å². The van der Waals surface area contributed by atoms with Crippen LogP contribution in [0.15, 0.2) is 11.4 Å². The Morgan fingerprint density at radius 3 is 3.25 bits per heavy atom. The number of urea groups is 1. The minimum Gasteiger partial charge on any atom is -0.329 e. The number of nitrogens with zero attached hydrogens (tertiary/aromatic N) is 1. The highest BCUT2D eigenvalue weighted by Crippen LogP contribution is 2.33. The van der Waals surface area contributed by atoms with E-state index in [4.69, 9.17) is 4.84 Å². The third kappa shape index (κ3) is 2.20. The van der Waals surface area contributed by atoms with E-state index in [-0.39, 0.29) is 12.1 Å². The molecule has 1 aromatic rings. The molecule has 2 rings (SSSR count). The molecule has 1 aromatic heterocycles. The van der Waals surface area contributed by atoms with Gasteiger partial charge in [-0.1, -0.05) is 0 Å². The summed E-state index contributed by atoms with van der Waals surface area (Å²) in [4.78, 5) is 17.9. The van der Waals surface area contributed by atoms with Gasteiger partial charge < -0.3 is 5.32 Å². The highest BCUT2D eigenvalue weighted by molar-refractivity contribution is 7.10. The van der Waals surface area contributed by atoms with Gasteiger partial charge in [0.25, 0.3) is 0 Å². The number of carbonyl (C=O) groups is 1. The summed E-state index contributed by atoms with van der Waals surface area (Å²) >= 11 is 1.77. The molecule has 88 valence electrons. The van der Waals surface area contributed by atoms with Gasteiger partial charge in [-0.15, -0.1) is 11.3 Å². The zero-order chi connectivity index (χ0) is 11.5. The van der Waals surface area contributed by atoms with Crippen molar-refractivity contribution in [3.05, 3.63) is 21.9 Å². The molecule has 0 aliphatic heterocycles. The fraction of sp³-hybridized carbons (Fsp3) is 0.545. The first kappa shape index (κ1) is 11.4. The average Bonchev–Trinajstić information content (AvgIpc) is 2.77. The zero-order valence-electron chi connectivity index (χ0n) is 9.53. The molecule has 16 heavy (non-hydrogen) atoms. The fourth-order valence-electron chi connectivity index (χ4n) is 1.96. The van der Waals surface area contributed by atoms with Crippen molar-refractivity contribution in [1.29, 1.82) is 0 Å². The fourth-order valence-corrected chi connectivity index (χ4v) is 2.95. The first-order chi connectivity index (χ1) is 7.72. The molecule has 0 spiro atoms. The summed E-state index contributed by atoms with van der Waals surface area (Å²) in [7, 11) is 3.09. The summed E-state index contributed by atoms with van der Waals surface area (Å²) in [6, 6.07) is 2.06. The summed E-state index contributed by atoms with van der Waals surface area (Å²) in [5.41, 5.74) is 1.27. The highest BCUT2D eigenvalue weighted by Gasteiger charge is 2.23. The van der Waals surface area contributed by atoms with Crippen molar-refractivity contribution in [2.45, 2.75) is 25.3 Å². The number of hydrogen-bond donors (Lipinski definition) is 1. The van der Waals surface area contributed by atoms with Gasteiger partial charge in [-0.2, -0.15) is 0 Å². The van der Waals surface area contributed by atoms with Crippen molar-refractivity contribution >= 4 is 17.4 Å². The van der Waals surface area contributed by atoms with Gasteiger partial charge in [0.05, 0.1) is 13.2 Å². The van der Waals surface area contributed by atoms with E-state index < -0.39 is 0 Å². The highest BCUT2D eigenvalue weighted by atomic mass is 32.1. The SMILES string of the molecule is CON(C)C(=O)NC1CCCc2sccc21. The van der Waals surface area contributed by atoms with Crippen molar-refractivity contribution < 1.29 is 9.63 Å². The minimum absolute atomic E-state index is 0.139. The molecular weight excluding hydrogens is 224 g/mol. The molecule has 1 aliphatic rings. The lowest BCUT2D eigenvalue weighted by Gasteiger charge is -2.25. The molecule has 0 radical (unpaired) electrons. The molecule has 0 aromatic carbocycles. The maximum atomic E-state index is 11.7. The second-order valence-electron chi connectivity index (χ2n) is 3.87. The molecule has 4 nitrogen and oxygen atoms in total. The van der Waals surface area contributed by atoms with Crippen molar-refractivity contribution in [3.63, 3.8) is 0 Å². The lowest BCUT2D eigenvalue weighted by molar-refractivity contribution is -0.0657. The van der Waals surface area contributed by atoms with E-state index in [0.29, 0.717) is 0 Å². The molecule has 0 fully saturated rings.